The molecule has 0 atom stereocenters. The lowest BCUT2D eigenvalue weighted by Gasteiger charge is -2.06. The van der Waals surface area contributed by atoms with Gasteiger partial charge in [-0.25, -0.2) is 26.8 Å². The molecule has 4 aromatic carbocycles. The normalized spacial score (nSPS) is 12.0. The van der Waals surface area contributed by atoms with Crippen molar-refractivity contribution in [1.29, 1.82) is 0 Å². The number of para-hydroxylation sites is 2. The van der Waals surface area contributed by atoms with E-state index in [0.717, 1.165) is 26.7 Å². The van der Waals surface area contributed by atoms with Crippen LogP contribution >= 0.6 is 22.7 Å². The summed E-state index contributed by atoms with van der Waals surface area (Å²) in [5.74, 6) is 0.0267. The highest BCUT2D eigenvalue weighted by molar-refractivity contribution is 7.92. The molecule has 0 saturated heterocycles. The minimum absolute atomic E-state index is 0.00580. The van der Waals surface area contributed by atoms with Gasteiger partial charge in [-0.05, 0) is 67.6 Å². The Balaban J connectivity index is 0.000000154. The van der Waals surface area contributed by atoms with Crippen LogP contribution in [0.15, 0.2) is 84.9 Å². The third-order valence-electron chi connectivity index (χ3n) is 7.53. The van der Waals surface area contributed by atoms with Crippen molar-refractivity contribution < 1.29 is 27.0 Å². The Morgan fingerprint density at radius 3 is 1.55 bits per heavy atom. The maximum atomic E-state index is 11.8. The molecule has 4 aromatic heterocycles. The van der Waals surface area contributed by atoms with E-state index in [0.29, 0.717) is 54.3 Å². The molecule has 0 aliphatic rings. The molecule has 8 aromatic rings. The van der Waals surface area contributed by atoms with Crippen molar-refractivity contribution in [3.63, 3.8) is 0 Å². The third-order valence-corrected chi connectivity index (χ3v) is 11.6. The smallest absolute Gasteiger partial charge is 0.232 e. The molecule has 49 heavy (non-hydrogen) atoms. The van der Waals surface area contributed by atoms with Crippen molar-refractivity contribution in [1.82, 2.24) is 19.9 Å². The van der Waals surface area contributed by atoms with Gasteiger partial charge in [-0.1, -0.05) is 24.3 Å². The van der Waals surface area contributed by atoms with Gasteiger partial charge < -0.3 is 20.2 Å². The summed E-state index contributed by atoms with van der Waals surface area (Å²) in [6.07, 6.45) is 1.10. The van der Waals surface area contributed by atoms with Crippen LogP contribution in [0.1, 0.15) is 6.92 Å². The molecule has 12 nitrogen and oxygen atoms in total. The van der Waals surface area contributed by atoms with Crippen LogP contribution in [0.2, 0.25) is 0 Å². The van der Waals surface area contributed by atoms with E-state index < -0.39 is 20.0 Å². The van der Waals surface area contributed by atoms with Crippen LogP contribution in [0.3, 0.4) is 0 Å². The van der Waals surface area contributed by atoms with Gasteiger partial charge in [0.25, 0.3) is 0 Å². The number of hydrogen-bond donors (Lipinski definition) is 6. The first-order valence-corrected chi connectivity index (χ1v) is 19.9. The molecule has 250 valence electrons. The summed E-state index contributed by atoms with van der Waals surface area (Å²) >= 11 is 2.95. The molecule has 0 saturated carbocycles. The number of thiazole rings is 2. The molecule has 0 spiro atoms. The van der Waals surface area contributed by atoms with Gasteiger partial charge in [-0.3, -0.25) is 9.44 Å². The van der Waals surface area contributed by atoms with Crippen LogP contribution in [0.5, 0.6) is 11.8 Å². The fraction of sp³-hybridized carbons (Fsp3) is 0.0909. The Kier molecular flexibility index (Phi) is 8.18. The molecule has 0 amide bonds. The summed E-state index contributed by atoms with van der Waals surface area (Å²) in [6, 6.07) is 25.6. The maximum absolute atomic E-state index is 11.8. The van der Waals surface area contributed by atoms with E-state index in [-0.39, 0.29) is 17.5 Å². The molecule has 0 aliphatic heterocycles. The van der Waals surface area contributed by atoms with Gasteiger partial charge in [0.05, 0.1) is 43.6 Å². The van der Waals surface area contributed by atoms with Crippen molar-refractivity contribution in [2.24, 2.45) is 0 Å². The monoisotopic (exact) mass is 732 g/mol. The van der Waals surface area contributed by atoms with E-state index in [1.165, 1.54) is 22.7 Å². The van der Waals surface area contributed by atoms with Crippen molar-refractivity contribution in [2.75, 3.05) is 21.5 Å². The second-order valence-electron chi connectivity index (χ2n) is 11.1. The van der Waals surface area contributed by atoms with E-state index in [4.69, 9.17) is 0 Å². The number of nitrogens with zero attached hydrogens (tertiary/aromatic N) is 2. The molecule has 0 bridgehead atoms. The van der Waals surface area contributed by atoms with E-state index in [2.05, 4.69) is 29.4 Å². The highest BCUT2D eigenvalue weighted by Gasteiger charge is 2.19. The Morgan fingerprint density at radius 2 is 1.12 bits per heavy atom. The lowest BCUT2D eigenvalue weighted by molar-refractivity contribution is 0.459. The zero-order chi connectivity index (χ0) is 34.5. The number of aromatic amines is 2. The van der Waals surface area contributed by atoms with Crippen molar-refractivity contribution >= 4 is 96.3 Å². The topological polar surface area (TPSA) is 190 Å². The highest BCUT2D eigenvalue weighted by atomic mass is 32.2. The number of rotatable bonds is 7. The number of benzene rings is 4. The van der Waals surface area contributed by atoms with Crippen LogP contribution in [-0.4, -0.2) is 59.0 Å². The van der Waals surface area contributed by atoms with Gasteiger partial charge in [0.2, 0.25) is 20.0 Å². The molecular weight excluding hydrogens is 705 g/mol. The van der Waals surface area contributed by atoms with Crippen molar-refractivity contribution in [3.8, 4) is 32.9 Å². The predicted molar refractivity (Wildman–Crippen MR) is 199 cm³/mol. The predicted octanol–water partition coefficient (Wildman–Crippen LogP) is 7.43. The summed E-state index contributed by atoms with van der Waals surface area (Å²) < 4.78 is 53.5. The van der Waals surface area contributed by atoms with E-state index >= 15 is 0 Å². The number of hydrogen-bond acceptors (Lipinski definition) is 10. The quantitative estimate of drug-likeness (QED) is 0.0975. The van der Waals surface area contributed by atoms with Crippen LogP contribution in [0, 0.1) is 0 Å². The Bertz CT molecular complexity index is 2680. The number of H-pyrrole nitrogens is 2. The highest BCUT2D eigenvalue weighted by Crippen LogP contribution is 2.42. The molecule has 16 heteroatoms. The largest absolute Gasteiger partial charge is 0.494 e. The zero-order valence-corrected chi connectivity index (χ0v) is 29.1. The standard InChI is InChI=1S/C17H15N3O3S2.C16H13N3O3S2/c1-2-25(22,23)20-10-7-8-12-11(9-10)15(16(21)18-12)17-19-13-5-3-4-6-14(13)24-17;1-24(21,22)19-9-6-7-11-10(8-9)14(15(20)17-11)16-18-12-4-2-3-5-13(12)23-16/h3-9,18,20-21H,2H2,1H3;2-8,17,19-20H,1H3. The van der Waals surface area contributed by atoms with Gasteiger partial charge in [-0.15, -0.1) is 22.7 Å². The minimum atomic E-state index is -3.37. The maximum Gasteiger partial charge on any atom is 0.232 e. The first-order valence-electron chi connectivity index (χ1n) is 14.8. The molecular formula is C33H28N6O6S4. The van der Waals surface area contributed by atoms with Crippen LogP contribution in [-0.2, 0) is 20.0 Å². The molecule has 0 aliphatic carbocycles. The van der Waals surface area contributed by atoms with E-state index in [1.54, 1.807) is 43.3 Å². The van der Waals surface area contributed by atoms with Crippen molar-refractivity contribution in [2.45, 2.75) is 6.92 Å². The average Bonchev–Trinajstić information content (AvgIpc) is 3.81. The van der Waals surface area contributed by atoms with Crippen LogP contribution in [0.25, 0.3) is 63.4 Å². The fourth-order valence-corrected chi connectivity index (χ4v) is 8.58. The second kappa shape index (κ2) is 12.4. The lowest BCUT2D eigenvalue weighted by Crippen LogP contribution is -2.14. The van der Waals surface area contributed by atoms with E-state index in [1.807, 2.05) is 48.5 Å². The number of sulfonamides is 2. The number of nitrogens with one attached hydrogen (secondary N) is 4. The summed E-state index contributed by atoms with van der Waals surface area (Å²) in [4.78, 5) is 15.0. The lowest BCUT2D eigenvalue weighted by atomic mass is 10.1. The summed E-state index contributed by atoms with van der Waals surface area (Å²) in [7, 11) is -6.74. The molecule has 0 unspecified atom stereocenters. The van der Waals surface area contributed by atoms with Crippen LogP contribution in [0.4, 0.5) is 11.4 Å². The SMILES string of the molecule is CCS(=O)(=O)Nc1ccc2[nH]c(O)c(-c3nc4ccccc4s3)c2c1.CS(=O)(=O)Nc1ccc2[nH]c(O)c(-c3nc4ccccc4s3)c2c1. The molecule has 8 rings (SSSR count). The van der Waals surface area contributed by atoms with E-state index in [9.17, 15) is 27.0 Å². The van der Waals surface area contributed by atoms with Crippen molar-refractivity contribution in [3.05, 3.63) is 84.9 Å². The molecule has 6 N–H and O–H groups in total. The van der Waals surface area contributed by atoms with Gasteiger partial charge in [0, 0.05) is 33.2 Å². The van der Waals surface area contributed by atoms with Gasteiger partial charge >= 0.3 is 0 Å². The first kappa shape index (κ1) is 32.4. The fourth-order valence-electron chi connectivity index (χ4n) is 5.34. The summed E-state index contributed by atoms with van der Waals surface area (Å²) in [5, 5.41) is 23.4. The Morgan fingerprint density at radius 1 is 0.673 bits per heavy atom. The minimum Gasteiger partial charge on any atom is -0.494 e. The third kappa shape index (κ3) is 6.63. The summed E-state index contributed by atoms with van der Waals surface area (Å²) in [5.41, 5.74) is 5.18. The summed E-state index contributed by atoms with van der Waals surface area (Å²) in [6.45, 7) is 1.58. The van der Waals surface area contributed by atoms with Gasteiger partial charge in [0.1, 0.15) is 10.0 Å². The van der Waals surface area contributed by atoms with Crippen LogP contribution < -0.4 is 9.44 Å². The number of fused-ring (bicyclic) bond motifs is 4. The first-order chi connectivity index (χ1) is 23.4. The molecule has 0 fully saturated rings. The second-order valence-corrected chi connectivity index (χ2v) is 16.9. The number of aromatic nitrogens is 4. The Labute approximate surface area is 288 Å². The molecule has 0 radical (unpaired) electrons. The zero-order valence-electron chi connectivity index (χ0n) is 25.8. The number of aromatic hydroxyl groups is 2. The Hall–Kier alpha value is -5.16. The number of anilines is 2. The van der Waals surface area contributed by atoms with Gasteiger partial charge in [0.15, 0.2) is 11.8 Å². The molecule has 4 heterocycles. The average molecular weight is 733 g/mol. The van der Waals surface area contributed by atoms with Gasteiger partial charge in [-0.2, -0.15) is 0 Å².